The van der Waals surface area contributed by atoms with E-state index in [2.05, 4.69) is 22.9 Å². The topological polar surface area (TPSA) is 51.1 Å². The number of benzene rings is 1. The third-order valence-corrected chi connectivity index (χ3v) is 4.37. The van der Waals surface area contributed by atoms with Crippen LogP contribution < -0.4 is 10.7 Å². The second-order valence-electron chi connectivity index (χ2n) is 6.15. The highest BCUT2D eigenvalue weighted by Crippen LogP contribution is 2.23. The lowest BCUT2D eigenvalue weighted by atomic mass is 9.99. The van der Waals surface area contributed by atoms with Crippen molar-refractivity contribution in [3.8, 4) is 0 Å². The van der Waals surface area contributed by atoms with Crippen LogP contribution in [0.4, 0.5) is 0 Å². The fourth-order valence-electron chi connectivity index (χ4n) is 3.32. The molecule has 1 amide bonds. The Morgan fingerprint density at radius 3 is 3.00 bits per heavy atom. The zero-order valence-corrected chi connectivity index (χ0v) is 13.2. The average Bonchev–Trinajstić information content (AvgIpc) is 2.51. The predicted molar refractivity (Wildman–Crippen MR) is 88.4 cm³/mol. The Balaban J connectivity index is 2.07. The maximum absolute atomic E-state index is 12.7. The molecule has 2 aromatic rings. The number of nitrogens with zero attached hydrogens (tertiary/aromatic N) is 1. The highest BCUT2D eigenvalue weighted by atomic mass is 16.2. The van der Waals surface area contributed by atoms with Gasteiger partial charge < -0.3 is 9.88 Å². The van der Waals surface area contributed by atoms with Crippen molar-refractivity contribution in [3.63, 3.8) is 0 Å². The Labute approximate surface area is 130 Å². The van der Waals surface area contributed by atoms with Gasteiger partial charge in [0.25, 0.3) is 5.91 Å². The van der Waals surface area contributed by atoms with E-state index in [4.69, 9.17) is 0 Å². The molecule has 1 atom stereocenters. The molecule has 1 unspecified atom stereocenters. The molecule has 116 valence electrons. The van der Waals surface area contributed by atoms with Gasteiger partial charge >= 0.3 is 0 Å². The molecule has 1 aliphatic rings. The van der Waals surface area contributed by atoms with E-state index in [1.165, 1.54) is 5.56 Å². The van der Waals surface area contributed by atoms with Crippen molar-refractivity contribution in [3.05, 3.63) is 45.7 Å². The number of pyridine rings is 1. The number of nitrogens with one attached hydrogen (secondary N) is 1. The van der Waals surface area contributed by atoms with E-state index >= 15 is 0 Å². The van der Waals surface area contributed by atoms with Crippen molar-refractivity contribution in [1.29, 1.82) is 0 Å². The van der Waals surface area contributed by atoms with Crippen molar-refractivity contribution in [2.75, 3.05) is 0 Å². The number of hydrogen-bond donors (Lipinski definition) is 1. The number of carbonyl (C=O) groups excluding carboxylic acids is 1. The van der Waals surface area contributed by atoms with Gasteiger partial charge in [-0.1, -0.05) is 25.5 Å². The van der Waals surface area contributed by atoms with Crippen LogP contribution in [0.2, 0.25) is 0 Å². The number of aromatic nitrogens is 1. The smallest absolute Gasteiger partial charge is 0.256 e. The Morgan fingerprint density at radius 2 is 2.23 bits per heavy atom. The van der Waals surface area contributed by atoms with Gasteiger partial charge in [0.1, 0.15) is 5.56 Å². The quantitative estimate of drug-likeness (QED) is 0.943. The van der Waals surface area contributed by atoms with Crippen molar-refractivity contribution < 1.29 is 4.79 Å². The van der Waals surface area contributed by atoms with E-state index in [-0.39, 0.29) is 22.9 Å². The molecular weight excluding hydrogens is 276 g/mol. The number of rotatable bonds is 4. The summed E-state index contributed by atoms with van der Waals surface area (Å²) in [5.41, 5.74) is 2.30. The number of hydrogen-bond acceptors (Lipinski definition) is 2. The molecule has 1 aromatic carbocycles. The van der Waals surface area contributed by atoms with Gasteiger partial charge in [0.05, 0.1) is 5.52 Å². The fraction of sp³-hybridized carbons (Fsp3) is 0.444. The highest BCUT2D eigenvalue weighted by molar-refractivity contribution is 5.98. The van der Waals surface area contributed by atoms with Gasteiger partial charge in [-0.3, -0.25) is 9.59 Å². The summed E-state index contributed by atoms with van der Waals surface area (Å²) in [6.07, 6.45) is 5.70. The summed E-state index contributed by atoms with van der Waals surface area (Å²) in [4.78, 5) is 25.1. The largest absolute Gasteiger partial charge is 0.349 e. The van der Waals surface area contributed by atoms with Gasteiger partial charge in [-0.05, 0) is 37.8 Å². The lowest BCUT2D eigenvalue weighted by Gasteiger charge is -2.21. The summed E-state index contributed by atoms with van der Waals surface area (Å²) in [6.45, 7) is 4.92. The van der Waals surface area contributed by atoms with Crippen LogP contribution in [0.5, 0.6) is 0 Å². The van der Waals surface area contributed by atoms with Crippen LogP contribution in [0.3, 0.4) is 0 Å². The van der Waals surface area contributed by atoms with E-state index in [1.54, 1.807) is 6.20 Å². The maximum atomic E-state index is 12.7. The van der Waals surface area contributed by atoms with Crippen LogP contribution in [-0.4, -0.2) is 16.5 Å². The molecule has 1 aliphatic heterocycles. The monoisotopic (exact) mass is 298 g/mol. The molecule has 0 radical (unpaired) electrons. The fourth-order valence-corrected chi connectivity index (χ4v) is 3.32. The molecule has 0 aliphatic carbocycles. The van der Waals surface area contributed by atoms with Crippen molar-refractivity contribution in [2.45, 2.75) is 52.1 Å². The van der Waals surface area contributed by atoms with Crippen LogP contribution in [0.15, 0.2) is 29.2 Å². The standard InChI is InChI=1S/C18H22N2O2/c1-3-6-12(2)19-18(22)15-11-20-10-5-8-13-7-4-9-14(16(13)20)17(15)21/h4,7,9,11-12H,3,5-6,8,10H2,1-2H3,(H,19,22). The lowest BCUT2D eigenvalue weighted by Crippen LogP contribution is -2.36. The molecule has 0 spiro atoms. The van der Waals surface area contributed by atoms with Gasteiger partial charge in [0, 0.05) is 24.2 Å². The van der Waals surface area contributed by atoms with Gasteiger partial charge in [0.2, 0.25) is 5.43 Å². The minimum atomic E-state index is -0.257. The summed E-state index contributed by atoms with van der Waals surface area (Å²) in [5, 5.41) is 3.59. The second-order valence-corrected chi connectivity index (χ2v) is 6.15. The molecule has 2 heterocycles. The number of aryl methyl sites for hydroxylation is 2. The minimum absolute atomic E-state index is 0.0836. The molecular formula is C18H22N2O2. The molecule has 3 rings (SSSR count). The summed E-state index contributed by atoms with van der Waals surface area (Å²) < 4.78 is 2.06. The highest BCUT2D eigenvalue weighted by Gasteiger charge is 2.19. The Bertz CT molecular complexity index is 776. The van der Waals surface area contributed by atoms with E-state index in [1.807, 2.05) is 19.1 Å². The molecule has 4 nitrogen and oxygen atoms in total. The van der Waals surface area contributed by atoms with Crippen LogP contribution in [-0.2, 0) is 13.0 Å². The molecule has 0 bridgehead atoms. The van der Waals surface area contributed by atoms with E-state index in [9.17, 15) is 9.59 Å². The molecule has 1 aromatic heterocycles. The summed E-state index contributed by atoms with van der Waals surface area (Å²) in [5.74, 6) is -0.257. The van der Waals surface area contributed by atoms with Crippen molar-refractivity contribution in [1.82, 2.24) is 9.88 Å². The normalized spacial score (nSPS) is 14.8. The summed E-state index contributed by atoms with van der Waals surface area (Å²) in [6, 6.07) is 5.89. The first-order valence-electron chi connectivity index (χ1n) is 8.07. The van der Waals surface area contributed by atoms with E-state index in [0.717, 1.165) is 37.7 Å². The third-order valence-electron chi connectivity index (χ3n) is 4.37. The first-order chi connectivity index (χ1) is 10.6. The summed E-state index contributed by atoms with van der Waals surface area (Å²) >= 11 is 0. The molecule has 22 heavy (non-hydrogen) atoms. The van der Waals surface area contributed by atoms with Crippen LogP contribution >= 0.6 is 0 Å². The van der Waals surface area contributed by atoms with Crippen molar-refractivity contribution in [2.24, 2.45) is 0 Å². The SMILES string of the molecule is CCCC(C)NC(=O)c1cn2c3c(cccc3c1=O)CCC2. The van der Waals surface area contributed by atoms with Gasteiger partial charge in [-0.2, -0.15) is 0 Å². The zero-order chi connectivity index (χ0) is 15.7. The Hall–Kier alpha value is -2.10. The predicted octanol–water partition coefficient (Wildman–Crippen LogP) is 2.87. The molecule has 0 fully saturated rings. The van der Waals surface area contributed by atoms with Crippen LogP contribution in [0.25, 0.3) is 10.9 Å². The van der Waals surface area contributed by atoms with Crippen LogP contribution in [0.1, 0.15) is 49.0 Å². The molecule has 0 saturated carbocycles. The first kappa shape index (κ1) is 14.8. The zero-order valence-electron chi connectivity index (χ0n) is 13.2. The van der Waals surface area contributed by atoms with Gasteiger partial charge in [-0.25, -0.2) is 0 Å². The Morgan fingerprint density at radius 1 is 1.41 bits per heavy atom. The number of amides is 1. The average molecular weight is 298 g/mol. The van der Waals surface area contributed by atoms with Crippen LogP contribution in [0, 0.1) is 0 Å². The maximum Gasteiger partial charge on any atom is 0.256 e. The number of para-hydroxylation sites is 1. The summed E-state index contributed by atoms with van der Waals surface area (Å²) in [7, 11) is 0. The number of carbonyl (C=O) groups is 1. The third kappa shape index (κ3) is 2.54. The van der Waals surface area contributed by atoms with E-state index < -0.39 is 0 Å². The van der Waals surface area contributed by atoms with Gasteiger partial charge in [-0.15, -0.1) is 0 Å². The molecule has 0 saturated heterocycles. The first-order valence-corrected chi connectivity index (χ1v) is 8.07. The minimum Gasteiger partial charge on any atom is -0.349 e. The van der Waals surface area contributed by atoms with E-state index in [0.29, 0.717) is 5.39 Å². The van der Waals surface area contributed by atoms with Crippen molar-refractivity contribution >= 4 is 16.8 Å². The Kier molecular flexibility index (Phi) is 4.01. The molecule has 1 N–H and O–H groups in total. The second kappa shape index (κ2) is 5.95. The molecule has 4 heteroatoms. The lowest BCUT2D eigenvalue weighted by molar-refractivity contribution is 0.0936. The van der Waals surface area contributed by atoms with Gasteiger partial charge in [0.15, 0.2) is 0 Å².